The Morgan fingerprint density at radius 2 is 1.52 bits per heavy atom. The topological polar surface area (TPSA) is 176 Å². The minimum Gasteiger partial charge on any atom is -0.479 e. The lowest BCUT2D eigenvalue weighted by molar-refractivity contribution is -0.185. The number of carboxylic acid groups (broad SMARTS) is 1. The van der Waals surface area contributed by atoms with Crippen molar-refractivity contribution in [1.82, 2.24) is 34.1 Å². The molecule has 19 heteroatoms. The number of alkyl halides is 3. The second-order valence-corrected chi connectivity index (χ2v) is 16.0. The van der Waals surface area contributed by atoms with E-state index in [-0.39, 0.29) is 17.8 Å². The van der Waals surface area contributed by atoms with E-state index < -0.39 is 30.1 Å². The summed E-state index contributed by atoms with van der Waals surface area (Å²) in [6.07, 6.45) is -3.66. The highest BCUT2D eigenvalue weighted by molar-refractivity contribution is 7.98. The van der Waals surface area contributed by atoms with Crippen LogP contribution in [0.3, 0.4) is 0 Å². The molecular formula is C43H47F4N7O7S. The van der Waals surface area contributed by atoms with E-state index in [1.54, 1.807) is 12.1 Å². The number of fused-ring (bicyclic) bond motifs is 1. The molecule has 62 heavy (non-hydrogen) atoms. The number of aromatic nitrogens is 5. The van der Waals surface area contributed by atoms with Gasteiger partial charge in [0.15, 0.2) is 11.0 Å². The minimum absolute atomic E-state index is 0.156. The average Bonchev–Trinajstić information content (AvgIpc) is 4.04. The largest absolute Gasteiger partial charge is 0.479 e. The number of nitrogens with zero attached hydrogens (tertiary/aromatic N) is 7. The van der Waals surface area contributed by atoms with Crippen LogP contribution in [0.5, 0.6) is 0 Å². The summed E-state index contributed by atoms with van der Waals surface area (Å²) in [6, 6.07) is 19.4. The molecular weight excluding hydrogens is 835 g/mol. The molecule has 2 aromatic heterocycles. The standard InChI is InChI=1S/C39H41F4N7OS.C4H6O6/c1-47(21-22-48-19-2-3-20-48)24-35-45-46-36(50(35)23-27-7-11-29(12-8-27)30-13-15-31(16-14-30)39(41,42)43)25-49-34-6-4-5-33(34)37(51)44-38(49)52-26-28-9-17-32(40)18-10-28;5-1-10-4(9)2(6)3(7)8/h7-18H,2-6,19-26H2,1H3;1-2,4,6,9H,(H,7,8). The molecule has 0 amide bonds. The summed E-state index contributed by atoms with van der Waals surface area (Å²) in [6.45, 7) is 5.45. The first-order valence-electron chi connectivity index (χ1n) is 20.0. The highest BCUT2D eigenvalue weighted by Gasteiger charge is 2.30. The molecule has 3 aromatic carbocycles. The number of carbonyl (C=O) groups excluding carboxylic acids is 1. The van der Waals surface area contributed by atoms with Crippen molar-refractivity contribution in [2.45, 2.75) is 81.2 Å². The predicted molar refractivity (Wildman–Crippen MR) is 220 cm³/mol. The van der Waals surface area contributed by atoms with Crippen molar-refractivity contribution in [2.75, 3.05) is 33.2 Å². The number of aliphatic hydroxyl groups excluding tert-OH is 2. The monoisotopic (exact) mass is 881 g/mol. The van der Waals surface area contributed by atoms with Gasteiger partial charge in [-0.15, -0.1) is 10.2 Å². The Labute approximate surface area is 358 Å². The fourth-order valence-electron chi connectivity index (χ4n) is 7.25. The van der Waals surface area contributed by atoms with Crippen molar-refractivity contribution in [1.29, 1.82) is 0 Å². The molecule has 5 aromatic rings. The predicted octanol–water partition coefficient (Wildman–Crippen LogP) is 4.99. The zero-order valence-electron chi connectivity index (χ0n) is 33.9. The van der Waals surface area contributed by atoms with Gasteiger partial charge in [-0.2, -0.15) is 18.2 Å². The number of ether oxygens (including phenoxy) is 1. The molecule has 1 saturated heterocycles. The first-order valence-corrected chi connectivity index (χ1v) is 20.9. The Kier molecular flexibility index (Phi) is 15.6. The third kappa shape index (κ3) is 12.1. The van der Waals surface area contributed by atoms with Gasteiger partial charge in [-0.25, -0.2) is 9.18 Å². The van der Waals surface area contributed by atoms with Crippen LogP contribution in [-0.2, 0) is 58.7 Å². The van der Waals surface area contributed by atoms with Gasteiger partial charge in [-0.1, -0.05) is 60.3 Å². The van der Waals surface area contributed by atoms with Crippen molar-refractivity contribution in [3.8, 4) is 11.1 Å². The van der Waals surface area contributed by atoms with Crippen LogP contribution in [0.2, 0.25) is 0 Å². The zero-order chi connectivity index (χ0) is 44.4. The van der Waals surface area contributed by atoms with Crippen LogP contribution in [0, 0.1) is 5.82 Å². The molecule has 1 aliphatic heterocycles. The molecule has 330 valence electrons. The quantitative estimate of drug-likeness (QED) is 0.0375. The fourth-order valence-corrected chi connectivity index (χ4v) is 8.21. The number of carbonyl (C=O) groups is 2. The van der Waals surface area contributed by atoms with E-state index >= 15 is 0 Å². The van der Waals surface area contributed by atoms with Gasteiger partial charge in [0.2, 0.25) is 12.4 Å². The van der Waals surface area contributed by atoms with Gasteiger partial charge in [-0.05, 0) is 98.8 Å². The van der Waals surface area contributed by atoms with Gasteiger partial charge in [0.05, 0.1) is 25.2 Å². The number of likely N-dealkylation sites (tertiary alicyclic amines) is 1. The molecule has 0 radical (unpaired) electrons. The first kappa shape index (κ1) is 46.0. The lowest BCUT2D eigenvalue weighted by Gasteiger charge is -2.22. The summed E-state index contributed by atoms with van der Waals surface area (Å²) in [5.41, 5.74) is 4.30. The van der Waals surface area contributed by atoms with Gasteiger partial charge in [0.25, 0.3) is 12.0 Å². The van der Waals surface area contributed by atoms with Crippen LogP contribution in [0.15, 0.2) is 82.7 Å². The van der Waals surface area contributed by atoms with E-state index in [9.17, 15) is 31.9 Å². The first-order chi connectivity index (χ1) is 29.7. The van der Waals surface area contributed by atoms with E-state index in [0.717, 1.165) is 90.7 Å². The summed E-state index contributed by atoms with van der Waals surface area (Å²) in [7, 11) is 2.09. The normalized spacial score (nSPS) is 14.9. The smallest absolute Gasteiger partial charge is 0.416 e. The van der Waals surface area contributed by atoms with E-state index in [2.05, 4.69) is 35.7 Å². The summed E-state index contributed by atoms with van der Waals surface area (Å²) in [5, 5.41) is 34.8. The van der Waals surface area contributed by atoms with Crippen LogP contribution in [0.1, 0.15) is 58.9 Å². The molecule has 3 N–H and O–H groups in total. The van der Waals surface area contributed by atoms with E-state index in [0.29, 0.717) is 42.5 Å². The Balaban J connectivity index is 0.000000572. The van der Waals surface area contributed by atoms with Gasteiger partial charge in [-0.3, -0.25) is 14.5 Å². The fraction of sp³-hybridized carbons (Fsp3) is 0.395. The number of rotatable bonds is 17. The number of aliphatic hydroxyl groups is 2. The summed E-state index contributed by atoms with van der Waals surface area (Å²) < 4.78 is 60.9. The number of halogens is 4. The molecule has 1 fully saturated rings. The molecule has 2 aliphatic rings. The molecule has 0 saturated carbocycles. The molecule has 2 unspecified atom stereocenters. The van der Waals surface area contributed by atoms with E-state index in [1.807, 2.05) is 24.3 Å². The SMILES string of the molecule is CN(CCN1CCCC1)Cc1nnc(Cn2c(SCc3ccc(F)cc3)nc(=O)c3c2CCC3)n1Cc1ccc(-c2ccc(C(F)(F)F)cc2)cc1.O=COC(O)C(O)C(=O)O. The molecule has 3 heterocycles. The number of likely N-dealkylation sites (N-methyl/N-ethyl adjacent to an activating group) is 1. The zero-order valence-corrected chi connectivity index (χ0v) is 34.7. The number of benzene rings is 3. The Morgan fingerprint density at radius 1 is 0.887 bits per heavy atom. The van der Waals surface area contributed by atoms with Crippen LogP contribution in [0.25, 0.3) is 11.1 Å². The van der Waals surface area contributed by atoms with Crippen molar-refractivity contribution >= 4 is 24.2 Å². The second kappa shape index (κ2) is 21.1. The summed E-state index contributed by atoms with van der Waals surface area (Å²) in [5.74, 6) is 0.118. The third-order valence-corrected chi connectivity index (χ3v) is 11.7. The molecule has 2 atom stereocenters. The van der Waals surface area contributed by atoms with Gasteiger partial charge in [0.1, 0.15) is 11.6 Å². The molecule has 0 spiro atoms. The van der Waals surface area contributed by atoms with Gasteiger partial charge < -0.3 is 34.1 Å². The highest BCUT2D eigenvalue weighted by atomic mass is 32.2. The van der Waals surface area contributed by atoms with Gasteiger partial charge in [0, 0.05) is 30.1 Å². The number of thioether (sulfide) groups is 1. The molecule has 7 rings (SSSR count). The number of hydrogen-bond acceptors (Lipinski definition) is 12. The van der Waals surface area contributed by atoms with Crippen molar-refractivity contribution in [3.05, 3.63) is 129 Å². The Bertz CT molecular complexity index is 2340. The Hall–Kier alpha value is -5.47. The second-order valence-electron chi connectivity index (χ2n) is 15.1. The average molecular weight is 882 g/mol. The van der Waals surface area contributed by atoms with E-state index in [4.69, 9.17) is 25.5 Å². The van der Waals surface area contributed by atoms with Crippen molar-refractivity contribution < 1.29 is 47.2 Å². The van der Waals surface area contributed by atoms with Crippen LogP contribution >= 0.6 is 11.8 Å². The number of carboxylic acids is 1. The molecule has 14 nitrogen and oxygen atoms in total. The third-order valence-electron chi connectivity index (χ3n) is 10.7. The van der Waals surface area contributed by atoms with Crippen LogP contribution in [-0.4, -0.2) is 107 Å². The van der Waals surface area contributed by atoms with E-state index in [1.165, 1.54) is 48.9 Å². The lowest BCUT2D eigenvalue weighted by atomic mass is 10.0. The van der Waals surface area contributed by atoms with Gasteiger partial charge >= 0.3 is 12.1 Å². The number of hydrogen-bond donors (Lipinski definition) is 3. The lowest BCUT2D eigenvalue weighted by Crippen LogP contribution is -2.35. The maximum atomic E-state index is 13.6. The van der Waals surface area contributed by atoms with Crippen molar-refractivity contribution in [3.63, 3.8) is 0 Å². The molecule has 0 bridgehead atoms. The molecule has 1 aliphatic carbocycles. The summed E-state index contributed by atoms with van der Waals surface area (Å²) in [4.78, 5) is 41.6. The minimum atomic E-state index is -4.38. The maximum absolute atomic E-state index is 13.6. The maximum Gasteiger partial charge on any atom is 0.416 e. The van der Waals surface area contributed by atoms with Crippen molar-refractivity contribution in [2.24, 2.45) is 0 Å². The van der Waals surface area contributed by atoms with Crippen LogP contribution < -0.4 is 5.56 Å². The Morgan fingerprint density at radius 3 is 2.15 bits per heavy atom. The number of aliphatic carboxylic acids is 1. The highest BCUT2D eigenvalue weighted by Crippen LogP contribution is 2.32. The summed E-state index contributed by atoms with van der Waals surface area (Å²) >= 11 is 1.45. The van der Waals surface area contributed by atoms with Crippen LogP contribution in [0.4, 0.5) is 17.6 Å².